The van der Waals surface area contributed by atoms with Crippen molar-refractivity contribution in [2.45, 2.75) is 0 Å². The number of aromatic nitrogens is 5. The fourth-order valence-electron chi connectivity index (χ4n) is 10.0. The fourth-order valence-corrected chi connectivity index (χ4v) is 10.0. The SMILES string of the molecule is c1ccc2cc(-c3ccc4c5c6ccccc6ccc5n(-c5ccc(-c6nc(-c7ccc8c(c7)oc7ncccc78)nc(-c7ccc8ccc9ccccc9c8c7)n6)cc5)c4c3)ccc2c1. The molecule has 14 aromatic rings. The lowest BCUT2D eigenvalue weighted by atomic mass is 9.99. The van der Waals surface area contributed by atoms with Crippen LogP contribution in [0.1, 0.15) is 0 Å². The van der Waals surface area contributed by atoms with Crippen molar-refractivity contribution in [1.29, 1.82) is 0 Å². The van der Waals surface area contributed by atoms with Gasteiger partial charge in [0.2, 0.25) is 5.71 Å². The predicted molar refractivity (Wildman–Crippen MR) is 271 cm³/mol. The van der Waals surface area contributed by atoms with Gasteiger partial charge in [0.05, 0.1) is 11.0 Å². The lowest BCUT2D eigenvalue weighted by Gasteiger charge is -2.12. The Labute approximate surface area is 377 Å². The van der Waals surface area contributed by atoms with Crippen LogP contribution in [0, 0.1) is 0 Å². The van der Waals surface area contributed by atoms with Gasteiger partial charge in [0.15, 0.2) is 17.5 Å². The summed E-state index contributed by atoms with van der Waals surface area (Å²) in [6, 6.07) is 73.4. The van der Waals surface area contributed by atoms with Crippen molar-refractivity contribution < 1.29 is 4.42 Å². The minimum Gasteiger partial charge on any atom is -0.438 e. The summed E-state index contributed by atoms with van der Waals surface area (Å²) in [5.74, 6) is 1.73. The molecule has 0 aliphatic carbocycles. The van der Waals surface area contributed by atoms with E-state index >= 15 is 0 Å². The molecular weight excluding hydrogens is 807 g/mol. The molecule has 0 N–H and O–H groups in total. The Bertz CT molecular complexity index is 4300. The molecule has 0 saturated heterocycles. The Morgan fingerprint density at radius 3 is 1.73 bits per heavy atom. The lowest BCUT2D eigenvalue weighted by molar-refractivity contribution is 0.654. The molecule has 10 aromatic carbocycles. The van der Waals surface area contributed by atoms with E-state index in [0.717, 1.165) is 60.5 Å². The van der Waals surface area contributed by atoms with E-state index in [1.807, 2.05) is 18.2 Å². The van der Waals surface area contributed by atoms with Crippen molar-refractivity contribution in [1.82, 2.24) is 24.5 Å². The summed E-state index contributed by atoms with van der Waals surface area (Å²) in [5.41, 5.74) is 9.65. The van der Waals surface area contributed by atoms with Gasteiger partial charge in [-0.2, -0.15) is 0 Å². The van der Waals surface area contributed by atoms with E-state index < -0.39 is 0 Å². The molecule has 0 aliphatic rings. The van der Waals surface area contributed by atoms with Gasteiger partial charge in [-0.1, -0.05) is 133 Å². The summed E-state index contributed by atoms with van der Waals surface area (Å²) >= 11 is 0. The maximum atomic E-state index is 6.23. The van der Waals surface area contributed by atoms with Gasteiger partial charge in [0.25, 0.3) is 0 Å². The Morgan fingerprint density at radius 2 is 0.894 bits per heavy atom. The molecule has 0 aliphatic heterocycles. The van der Waals surface area contributed by atoms with Crippen LogP contribution in [0.5, 0.6) is 0 Å². The van der Waals surface area contributed by atoms with Gasteiger partial charge in [-0.3, -0.25) is 0 Å². The topological polar surface area (TPSA) is 69.6 Å². The Kier molecular flexibility index (Phi) is 7.88. The zero-order chi connectivity index (χ0) is 43.3. The van der Waals surface area contributed by atoms with Crippen LogP contribution in [-0.4, -0.2) is 24.5 Å². The number of hydrogen-bond acceptors (Lipinski definition) is 5. The van der Waals surface area contributed by atoms with Crippen molar-refractivity contribution >= 4 is 87.0 Å². The molecule has 6 nitrogen and oxygen atoms in total. The minimum atomic E-state index is 0.558. The summed E-state index contributed by atoms with van der Waals surface area (Å²) in [6.45, 7) is 0. The maximum Gasteiger partial charge on any atom is 0.227 e. The molecule has 0 saturated carbocycles. The maximum absolute atomic E-state index is 6.23. The van der Waals surface area contributed by atoms with Gasteiger partial charge in [-0.15, -0.1) is 0 Å². The number of fused-ring (bicyclic) bond motifs is 12. The third-order valence-corrected chi connectivity index (χ3v) is 13.3. The van der Waals surface area contributed by atoms with Crippen molar-refractivity contribution in [2.24, 2.45) is 0 Å². The molecule has 66 heavy (non-hydrogen) atoms. The van der Waals surface area contributed by atoms with Crippen molar-refractivity contribution in [3.63, 3.8) is 0 Å². The predicted octanol–water partition coefficient (Wildman–Crippen LogP) is 15.5. The normalized spacial score (nSPS) is 11.9. The molecule has 0 spiro atoms. The van der Waals surface area contributed by atoms with E-state index in [0.29, 0.717) is 23.2 Å². The van der Waals surface area contributed by atoms with Crippen LogP contribution in [-0.2, 0) is 0 Å². The Morgan fingerprint density at radius 1 is 0.333 bits per heavy atom. The van der Waals surface area contributed by atoms with Crippen LogP contribution in [0.3, 0.4) is 0 Å². The second kappa shape index (κ2) is 14.3. The van der Waals surface area contributed by atoms with Crippen molar-refractivity contribution in [3.8, 4) is 51.0 Å². The largest absolute Gasteiger partial charge is 0.438 e. The molecule has 4 heterocycles. The van der Waals surface area contributed by atoms with E-state index in [2.05, 4.69) is 198 Å². The lowest BCUT2D eigenvalue weighted by Crippen LogP contribution is -2.01. The van der Waals surface area contributed by atoms with Gasteiger partial charge < -0.3 is 8.98 Å². The first-order valence-corrected chi connectivity index (χ1v) is 22.2. The summed E-state index contributed by atoms with van der Waals surface area (Å²) < 4.78 is 8.63. The summed E-state index contributed by atoms with van der Waals surface area (Å²) in [5, 5.41) is 14.0. The number of hydrogen-bond donors (Lipinski definition) is 0. The molecule has 14 rings (SSSR count). The second-order valence-electron chi connectivity index (χ2n) is 17.1. The smallest absolute Gasteiger partial charge is 0.227 e. The quantitative estimate of drug-likeness (QED) is 0.161. The number of nitrogens with zero attached hydrogens (tertiary/aromatic N) is 5. The monoisotopic (exact) mass is 841 g/mol. The number of pyridine rings is 1. The summed E-state index contributed by atoms with van der Waals surface area (Å²) in [6.07, 6.45) is 1.75. The summed E-state index contributed by atoms with van der Waals surface area (Å²) in [7, 11) is 0. The van der Waals surface area contributed by atoms with Crippen LogP contribution in [0.4, 0.5) is 0 Å². The average molecular weight is 842 g/mol. The zero-order valence-electron chi connectivity index (χ0n) is 35.4. The highest BCUT2D eigenvalue weighted by Gasteiger charge is 2.19. The van der Waals surface area contributed by atoms with E-state index in [9.17, 15) is 0 Å². The molecule has 6 heteroatoms. The third kappa shape index (κ3) is 5.75. The van der Waals surface area contributed by atoms with Crippen LogP contribution >= 0.6 is 0 Å². The average Bonchev–Trinajstić information content (AvgIpc) is 3.93. The standard InChI is InChI=1S/C60H35N5O/c1-2-11-41-32-42(19-15-36(41)8-1)43-23-29-51-54(34-43)65(53-30-25-38-10-4-6-13-48(38)56(51)53)46-26-21-40(22-27-46)57-62-58(44-20-18-39-17-16-37-9-3-5-12-47(37)52(39)33-44)64-59(63-57)45-24-28-49-50-14-7-31-61-60(50)66-55(49)35-45/h1-35H. The van der Waals surface area contributed by atoms with E-state index in [1.54, 1.807) is 6.20 Å². The first-order valence-electron chi connectivity index (χ1n) is 22.2. The Balaban J connectivity index is 0.940. The van der Waals surface area contributed by atoms with Crippen LogP contribution in [0.15, 0.2) is 217 Å². The summed E-state index contributed by atoms with van der Waals surface area (Å²) in [4.78, 5) is 20.0. The molecule has 4 aromatic heterocycles. The molecule has 0 atom stereocenters. The molecule has 0 fully saturated rings. The Hall–Kier alpha value is -9.00. The third-order valence-electron chi connectivity index (χ3n) is 13.3. The van der Waals surface area contributed by atoms with Gasteiger partial charge in [0, 0.05) is 50.1 Å². The van der Waals surface area contributed by atoms with Crippen molar-refractivity contribution in [2.75, 3.05) is 0 Å². The molecule has 306 valence electrons. The molecule has 0 bridgehead atoms. The van der Waals surface area contributed by atoms with Gasteiger partial charge in [-0.25, -0.2) is 19.9 Å². The molecular formula is C60H35N5O. The number of rotatable bonds is 5. The van der Waals surface area contributed by atoms with E-state index in [1.165, 1.54) is 54.2 Å². The highest BCUT2D eigenvalue weighted by atomic mass is 16.3. The first-order chi connectivity index (χ1) is 32.7. The second-order valence-corrected chi connectivity index (χ2v) is 17.1. The highest BCUT2D eigenvalue weighted by Crippen LogP contribution is 2.40. The van der Waals surface area contributed by atoms with Gasteiger partial charge >= 0.3 is 0 Å². The number of furan rings is 1. The van der Waals surface area contributed by atoms with Crippen LogP contribution < -0.4 is 0 Å². The first kappa shape index (κ1) is 36.5. The van der Waals surface area contributed by atoms with E-state index in [-0.39, 0.29) is 0 Å². The van der Waals surface area contributed by atoms with Gasteiger partial charge in [-0.05, 0) is 127 Å². The van der Waals surface area contributed by atoms with Crippen LogP contribution in [0.25, 0.3) is 138 Å². The van der Waals surface area contributed by atoms with E-state index in [4.69, 9.17) is 19.4 Å². The minimum absolute atomic E-state index is 0.558. The van der Waals surface area contributed by atoms with Crippen LogP contribution in [0.2, 0.25) is 0 Å². The number of benzene rings is 10. The molecule has 0 radical (unpaired) electrons. The van der Waals surface area contributed by atoms with Crippen molar-refractivity contribution in [3.05, 3.63) is 212 Å². The van der Waals surface area contributed by atoms with Gasteiger partial charge in [0.1, 0.15) is 5.58 Å². The molecule has 0 amide bonds. The highest BCUT2D eigenvalue weighted by molar-refractivity contribution is 6.22. The zero-order valence-corrected chi connectivity index (χ0v) is 35.4. The fraction of sp³-hybridized carbons (Fsp3) is 0. The molecule has 0 unspecified atom stereocenters.